The van der Waals surface area contributed by atoms with E-state index in [4.69, 9.17) is 9.47 Å². The van der Waals surface area contributed by atoms with E-state index in [9.17, 15) is 5.11 Å². The van der Waals surface area contributed by atoms with Crippen LogP contribution in [0, 0.1) is 5.92 Å². The topological polar surface area (TPSA) is 38.7 Å². The van der Waals surface area contributed by atoms with Gasteiger partial charge in [0.15, 0.2) is 6.29 Å². The van der Waals surface area contributed by atoms with Crippen molar-refractivity contribution in [2.24, 2.45) is 5.92 Å². The minimum absolute atomic E-state index is 0.0793. The highest BCUT2D eigenvalue weighted by Gasteiger charge is 2.60. The van der Waals surface area contributed by atoms with E-state index in [2.05, 4.69) is 0 Å². The summed E-state index contributed by atoms with van der Waals surface area (Å²) in [5, 5.41) is 9.41. The van der Waals surface area contributed by atoms with Crippen LogP contribution in [0.4, 0.5) is 0 Å². The quantitative estimate of drug-likeness (QED) is 0.547. The predicted octanol–water partition coefficient (Wildman–Crippen LogP) is 0.273. The summed E-state index contributed by atoms with van der Waals surface area (Å²) < 4.78 is 10.9. The van der Waals surface area contributed by atoms with Gasteiger partial charge in [-0.2, -0.15) is 0 Å². The van der Waals surface area contributed by atoms with Crippen molar-refractivity contribution in [3.63, 3.8) is 0 Å². The molecule has 3 heterocycles. The Hall–Kier alpha value is -0.120. The van der Waals surface area contributed by atoms with Crippen molar-refractivity contribution in [3.8, 4) is 0 Å². The average Bonchev–Trinajstić information content (AvgIpc) is 2.62. The van der Waals surface area contributed by atoms with E-state index in [-0.39, 0.29) is 11.5 Å². The highest BCUT2D eigenvalue weighted by atomic mass is 16.6. The van der Waals surface area contributed by atoms with Crippen molar-refractivity contribution in [1.29, 1.82) is 0 Å². The maximum atomic E-state index is 9.41. The van der Waals surface area contributed by atoms with Crippen LogP contribution in [0.2, 0.25) is 0 Å². The summed E-state index contributed by atoms with van der Waals surface area (Å²) in [7, 11) is 0. The summed E-state index contributed by atoms with van der Waals surface area (Å²) in [5.41, 5.74) is -0.0793. The lowest BCUT2D eigenvalue weighted by Crippen LogP contribution is -2.34. The molecule has 3 aliphatic heterocycles. The lowest BCUT2D eigenvalue weighted by Gasteiger charge is -2.23. The van der Waals surface area contributed by atoms with Crippen molar-refractivity contribution in [2.45, 2.75) is 37.3 Å². The molecular weight excluding hydrogens is 144 g/mol. The first-order valence-electron chi connectivity index (χ1n) is 4.28. The van der Waals surface area contributed by atoms with Gasteiger partial charge in [-0.3, -0.25) is 0 Å². The molecule has 1 N–H and O–H groups in total. The fourth-order valence-corrected chi connectivity index (χ4v) is 2.72. The molecule has 1 spiro atoms. The van der Waals surface area contributed by atoms with E-state index in [0.29, 0.717) is 12.7 Å². The Morgan fingerprint density at radius 3 is 3.09 bits per heavy atom. The molecule has 3 heteroatoms. The zero-order valence-corrected chi connectivity index (χ0v) is 6.32. The molecule has 2 bridgehead atoms. The Balaban J connectivity index is 1.96. The molecule has 4 atom stereocenters. The van der Waals surface area contributed by atoms with Crippen LogP contribution < -0.4 is 0 Å². The molecule has 0 saturated carbocycles. The molecule has 0 aromatic rings. The largest absolute Gasteiger partial charge is 0.369 e. The number of hydrogen-bond donors (Lipinski definition) is 1. The van der Waals surface area contributed by atoms with Crippen molar-refractivity contribution in [2.75, 3.05) is 6.61 Å². The third-order valence-corrected chi connectivity index (χ3v) is 3.33. The van der Waals surface area contributed by atoms with Gasteiger partial charge in [0.25, 0.3) is 0 Å². The molecule has 0 aromatic heterocycles. The maximum Gasteiger partial charge on any atom is 0.160 e. The second-order valence-electron chi connectivity index (χ2n) is 3.89. The van der Waals surface area contributed by atoms with Gasteiger partial charge in [-0.1, -0.05) is 0 Å². The summed E-state index contributed by atoms with van der Waals surface area (Å²) in [6, 6.07) is 0. The number of aliphatic hydroxyl groups is 1. The van der Waals surface area contributed by atoms with Gasteiger partial charge in [-0.05, 0) is 19.3 Å². The Kier molecular flexibility index (Phi) is 1.04. The van der Waals surface area contributed by atoms with Gasteiger partial charge in [0.2, 0.25) is 0 Å². The van der Waals surface area contributed by atoms with Crippen LogP contribution in [0.1, 0.15) is 19.3 Å². The first-order valence-corrected chi connectivity index (χ1v) is 4.28. The zero-order valence-electron chi connectivity index (χ0n) is 6.32. The molecule has 62 valence electrons. The Bertz CT molecular complexity index is 194. The van der Waals surface area contributed by atoms with Gasteiger partial charge in [-0.25, -0.2) is 0 Å². The van der Waals surface area contributed by atoms with Crippen LogP contribution in [0.5, 0.6) is 0 Å². The van der Waals surface area contributed by atoms with E-state index >= 15 is 0 Å². The number of hydrogen-bond acceptors (Lipinski definition) is 3. The van der Waals surface area contributed by atoms with E-state index < -0.39 is 6.29 Å². The summed E-state index contributed by atoms with van der Waals surface area (Å²) in [6.07, 6.45) is 3.10. The van der Waals surface area contributed by atoms with Gasteiger partial charge in [0.1, 0.15) is 0 Å². The van der Waals surface area contributed by atoms with Crippen LogP contribution in [-0.2, 0) is 9.47 Å². The molecule has 0 aromatic carbocycles. The van der Waals surface area contributed by atoms with Crippen LogP contribution in [0.3, 0.4) is 0 Å². The molecule has 3 aliphatic rings. The summed E-state index contributed by atoms with van der Waals surface area (Å²) in [5.74, 6) is 0.265. The monoisotopic (exact) mass is 156 g/mol. The standard InChI is InChI=1S/C8H12O3/c9-7-6-3-5-1-2-8(6,11-5)4-10-7/h5-7,9H,1-4H2/t5-,6+,7?,8-/m0/s1. The van der Waals surface area contributed by atoms with Crippen molar-refractivity contribution in [1.82, 2.24) is 0 Å². The number of fused-ring (bicyclic) bond motifs is 1. The molecule has 11 heavy (non-hydrogen) atoms. The summed E-state index contributed by atoms with van der Waals surface area (Å²) in [4.78, 5) is 0. The molecule has 0 aliphatic carbocycles. The second-order valence-corrected chi connectivity index (χ2v) is 3.89. The van der Waals surface area contributed by atoms with E-state index in [1.807, 2.05) is 0 Å². The Morgan fingerprint density at radius 1 is 1.45 bits per heavy atom. The minimum atomic E-state index is -0.555. The smallest absolute Gasteiger partial charge is 0.160 e. The molecule has 1 unspecified atom stereocenters. The van der Waals surface area contributed by atoms with Crippen molar-refractivity contribution < 1.29 is 14.6 Å². The molecule has 3 fully saturated rings. The van der Waals surface area contributed by atoms with Crippen LogP contribution in [0.25, 0.3) is 0 Å². The first kappa shape index (κ1) is 6.40. The molecule has 3 nitrogen and oxygen atoms in total. The zero-order chi connectivity index (χ0) is 7.47. The maximum absolute atomic E-state index is 9.41. The third kappa shape index (κ3) is 0.643. The van der Waals surface area contributed by atoms with Gasteiger partial charge in [-0.15, -0.1) is 0 Å². The third-order valence-electron chi connectivity index (χ3n) is 3.33. The number of rotatable bonds is 0. The highest BCUT2D eigenvalue weighted by molar-refractivity contribution is 5.06. The van der Waals surface area contributed by atoms with Gasteiger partial charge < -0.3 is 14.6 Å². The van der Waals surface area contributed by atoms with E-state index in [1.165, 1.54) is 0 Å². The second kappa shape index (κ2) is 1.79. The SMILES string of the molecule is OC1OC[C@@]23CC[C@@H](C[C@H]12)O3. The summed E-state index contributed by atoms with van der Waals surface area (Å²) >= 11 is 0. The fourth-order valence-electron chi connectivity index (χ4n) is 2.72. The molecule has 3 saturated heterocycles. The number of ether oxygens (including phenoxy) is 2. The fraction of sp³-hybridized carbons (Fsp3) is 1.00. The normalized spacial score (nSPS) is 60.3. The Labute approximate surface area is 65.3 Å². The van der Waals surface area contributed by atoms with Gasteiger partial charge >= 0.3 is 0 Å². The van der Waals surface area contributed by atoms with Crippen LogP contribution >= 0.6 is 0 Å². The molecule has 0 amide bonds. The van der Waals surface area contributed by atoms with Crippen LogP contribution in [-0.4, -0.2) is 29.7 Å². The van der Waals surface area contributed by atoms with Crippen molar-refractivity contribution >= 4 is 0 Å². The molecule has 3 rings (SSSR count). The highest BCUT2D eigenvalue weighted by Crippen LogP contribution is 2.52. The first-order chi connectivity index (χ1) is 5.30. The van der Waals surface area contributed by atoms with Crippen LogP contribution in [0.15, 0.2) is 0 Å². The van der Waals surface area contributed by atoms with Gasteiger partial charge in [0, 0.05) is 5.92 Å². The average molecular weight is 156 g/mol. The lowest BCUT2D eigenvalue weighted by molar-refractivity contribution is -0.0875. The lowest BCUT2D eigenvalue weighted by atomic mass is 9.80. The Morgan fingerprint density at radius 2 is 2.36 bits per heavy atom. The summed E-state index contributed by atoms with van der Waals surface area (Å²) in [6.45, 7) is 0.606. The molecule has 0 radical (unpaired) electrons. The number of aliphatic hydroxyl groups excluding tert-OH is 1. The minimum Gasteiger partial charge on any atom is -0.369 e. The molecular formula is C8H12O3. The van der Waals surface area contributed by atoms with Gasteiger partial charge in [0.05, 0.1) is 18.3 Å². The van der Waals surface area contributed by atoms with E-state index in [0.717, 1.165) is 19.3 Å². The van der Waals surface area contributed by atoms with E-state index in [1.54, 1.807) is 0 Å². The van der Waals surface area contributed by atoms with Crippen molar-refractivity contribution in [3.05, 3.63) is 0 Å². The predicted molar refractivity (Wildman–Crippen MR) is 36.9 cm³/mol.